The number of carboxylic acids is 1. The molecular formula is C15H19NO3. The third-order valence-electron chi connectivity index (χ3n) is 3.24. The van der Waals surface area contributed by atoms with E-state index in [4.69, 9.17) is 9.84 Å². The molecule has 1 fully saturated rings. The van der Waals surface area contributed by atoms with Gasteiger partial charge >= 0.3 is 5.97 Å². The fraction of sp³-hybridized carbons (Fsp3) is 0.400. The lowest BCUT2D eigenvalue weighted by Gasteiger charge is -2.29. The van der Waals surface area contributed by atoms with Gasteiger partial charge in [-0.3, -0.25) is 0 Å². The molecule has 0 amide bonds. The number of ether oxygens (including phenoxy) is 1. The number of hydrogen-bond donors (Lipinski definition) is 1. The first-order valence-electron chi connectivity index (χ1n) is 6.57. The third kappa shape index (κ3) is 3.58. The highest BCUT2D eigenvalue weighted by atomic mass is 16.5. The van der Waals surface area contributed by atoms with Crippen molar-refractivity contribution in [3.8, 4) is 0 Å². The lowest BCUT2D eigenvalue weighted by Crippen LogP contribution is -2.36. The van der Waals surface area contributed by atoms with Crippen molar-refractivity contribution in [3.63, 3.8) is 0 Å². The van der Waals surface area contributed by atoms with Gasteiger partial charge in [-0.15, -0.1) is 0 Å². The summed E-state index contributed by atoms with van der Waals surface area (Å²) in [5, 5.41) is 9.06. The summed E-state index contributed by atoms with van der Waals surface area (Å²) in [6, 6.07) is 7.98. The second kappa shape index (κ2) is 6.38. The van der Waals surface area contributed by atoms with Gasteiger partial charge in [-0.2, -0.15) is 0 Å². The first-order chi connectivity index (χ1) is 9.20. The zero-order valence-corrected chi connectivity index (χ0v) is 11.1. The van der Waals surface area contributed by atoms with E-state index in [1.807, 2.05) is 25.1 Å². The van der Waals surface area contributed by atoms with E-state index in [0.29, 0.717) is 12.0 Å². The number of nitrogens with zero attached hydrogens (tertiary/aromatic N) is 1. The zero-order chi connectivity index (χ0) is 13.7. The molecule has 1 heterocycles. The normalized spacial score (nSPS) is 16.5. The van der Waals surface area contributed by atoms with E-state index < -0.39 is 5.97 Å². The van der Waals surface area contributed by atoms with E-state index in [-0.39, 0.29) is 0 Å². The molecule has 19 heavy (non-hydrogen) atoms. The van der Waals surface area contributed by atoms with Crippen LogP contribution in [-0.2, 0) is 9.53 Å². The molecule has 4 nitrogen and oxygen atoms in total. The van der Waals surface area contributed by atoms with E-state index in [9.17, 15) is 4.79 Å². The van der Waals surface area contributed by atoms with Crippen molar-refractivity contribution < 1.29 is 14.6 Å². The molecule has 1 N–H and O–H groups in total. The Morgan fingerprint density at radius 2 is 2.16 bits per heavy atom. The molecule has 0 aromatic heterocycles. The molecule has 0 bridgehead atoms. The number of aliphatic carboxylic acids is 1. The molecule has 0 atom stereocenters. The molecular weight excluding hydrogens is 242 g/mol. The molecule has 4 heteroatoms. The Kier molecular flexibility index (Phi) is 4.58. The summed E-state index contributed by atoms with van der Waals surface area (Å²) in [6.45, 7) is 5.11. The Balaban J connectivity index is 2.21. The van der Waals surface area contributed by atoms with E-state index in [1.54, 1.807) is 6.08 Å². The van der Waals surface area contributed by atoms with Gasteiger partial charge in [0, 0.05) is 24.4 Å². The summed E-state index contributed by atoms with van der Waals surface area (Å²) >= 11 is 0. The standard InChI is InChI=1S/C15H19NO3/c1-2-13(15(17)18)10-12-4-3-5-14(11-12)16-6-8-19-9-7-16/h3-5,10-11H,2,6-9H2,1H3,(H,17,18). The zero-order valence-electron chi connectivity index (χ0n) is 11.1. The minimum atomic E-state index is -0.848. The summed E-state index contributed by atoms with van der Waals surface area (Å²) in [5.41, 5.74) is 2.49. The van der Waals surface area contributed by atoms with Crippen LogP contribution in [0.1, 0.15) is 18.9 Å². The molecule has 0 spiro atoms. The second-order valence-electron chi connectivity index (χ2n) is 4.52. The maximum Gasteiger partial charge on any atom is 0.331 e. The summed E-state index contributed by atoms with van der Waals surface area (Å²) in [5.74, 6) is -0.848. The lowest BCUT2D eigenvalue weighted by molar-refractivity contribution is -0.132. The predicted molar refractivity (Wildman–Crippen MR) is 75.4 cm³/mol. The van der Waals surface area contributed by atoms with Crippen LogP contribution >= 0.6 is 0 Å². The molecule has 0 aliphatic carbocycles. The quantitative estimate of drug-likeness (QED) is 0.846. The summed E-state index contributed by atoms with van der Waals surface area (Å²) in [7, 11) is 0. The van der Waals surface area contributed by atoms with Crippen molar-refractivity contribution in [2.75, 3.05) is 31.2 Å². The lowest BCUT2D eigenvalue weighted by atomic mass is 10.1. The summed E-state index contributed by atoms with van der Waals surface area (Å²) < 4.78 is 5.33. The Bertz CT molecular complexity index is 476. The molecule has 0 unspecified atom stereocenters. The highest BCUT2D eigenvalue weighted by Crippen LogP contribution is 2.19. The average Bonchev–Trinajstić information content (AvgIpc) is 2.45. The number of benzene rings is 1. The molecule has 1 aliphatic rings. The van der Waals surface area contributed by atoms with E-state index in [1.165, 1.54) is 0 Å². The fourth-order valence-corrected chi connectivity index (χ4v) is 2.15. The smallest absolute Gasteiger partial charge is 0.331 e. The first-order valence-corrected chi connectivity index (χ1v) is 6.57. The summed E-state index contributed by atoms with van der Waals surface area (Å²) in [4.78, 5) is 13.3. The van der Waals surface area contributed by atoms with E-state index in [2.05, 4.69) is 11.0 Å². The van der Waals surface area contributed by atoms with Crippen LogP contribution in [0.25, 0.3) is 6.08 Å². The highest BCUT2D eigenvalue weighted by molar-refractivity contribution is 5.92. The van der Waals surface area contributed by atoms with Gasteiger partial charge < -0.3 is 14.7 Å². The molecule has 102 valence electrons. The van der Waals surface area contributed by atoms with E-state index in [0.717, 1.165) is 37.6 Å². The minimum absolute atomic E-state index is 0.430. The van der Waals surface area contributed by atoms with E-state index >= 15 is 0 Å². The average molecular weight is 261 g/mol. The fourth-order valence-electron chi connectivity index (χ4n) is 2.15. The van der Waals surface area contributed by atoms with Crippen molar-refractivity contribution >= 4 is 17.7 Å². The number of anilines is 1. The van der Waals surface area contributed by atoms with Crippen molar-refractivity contribution in [1.82, 2.24) is 0 Å². The predicted octanol–water partition coefficient (Wildman–Crippen LogP) is 2.40. The third-order valence-corrected chi connectivity index (χ3v) is 3.24. The molecule has 1 saturated heterocycles. The monoisotopic (exact) mass is 261 g/mol. The van der Waals surface area contributed by atoms with Crippen LogP contribution in [0.3, 0.4) is 0 Å². The Morgan fingerprint density at radius 3 is 2.79 bits per heavy atom. The number of morpholine rings is 1. The molecule has 1 aromatic rings. The van der Waals surface area contributed by atoms with Crippen LogP contribution in [0.2, 0.25) is 0 Å². The van der Waals surface area contributed by atoms with Crippen LogP contribution in [0, 0.1) is 0 Å². The minimum Gasteiger partial charge on any atom is -0.478 e. The van der Waals surface area contributed by atoms with Crippen molar-refractivity contribution in [3.05, 3.63) is 35.4 Å². The molecule has 1 aromatic carbocycles. The molecule has 0 radical (unpaired) electrons. The van der Waals surface area contributed by atoms with Gasteiger partial charge in [-0.25, -0.2) is 4.79 Å². The maximum atomic E-state index is 11.0. The second-order valence-corrected chi connectivity index (χ2v) is 4.52. The number of carbonyl (C=O) groups is 1. The van der Waals surface area contributed by atoms with Gasteiger partial charge in [-0.05, 0) is 30.2 Å². The number of carboxylic acid groups (broad SMARTS) is 1. The van der Waals surface area contributed by atoms with Crippen LogP contribution in [0.5, 0.6) is 0 Å². The summed E-state index contributed by atoms with van der Waals surface area (Å²) in [6.07, 6.45) is 2.27. The molecule has 1 aliphatic heterocycles. The van der Waals surface area contributed by atoms with Gasteiger partial charge in [0.15, 0.2) is 0 Å². The number of rotatable bonds is 4. The highest BCUT2D eigenvalue weighted by Gasteiger charge is 2.11. The largest absolute Gasteiger partial charge is 0.478 e. The van der Waals surface area contributed by atoms with Crippen molar-refractivity contribution in [1.29, 1.82) is 0 Å². The topological polar surface area (TPSA) is 49.8 Å². The van der Waals surface area contributed by atoms with Gasteiger partial charge in [0.2, 0.25) is 0 Å². The van der Waals surface area contributed by atoms with Gasteiger partial charge in [0.05, 0.1) is 13.2 Å². The van der Waals surface area contributed by atoms with Crippen LogP contribution in [0.4, 0.5) is 5.69 Å². The van der Waals surface area contributed by atoms with Gasteiger partial charge in [0.25, 0.3) is 0 Å². The maximum absolute atomic E-state index is 11.0. The Labute approximate surface area is 113 Å². The Morgan fingerprint density at radius 1 is 1.42 bits per heavy atom. The first kappa shape index (κ1) is 13.6. The molecule has 0 saturated carbocycles. The van der Waals surface area contributed by atoms with Crippen LogP contribution in [0.15, 0.2) is 29.8 Å². The SMILES string of the molecule is CCC(=Cc1cccc(N2CCOCC2)c1)C(=O)O. The van der Waals surface area contributed by atoms with Crippen molar-refractivity contribution in [2.24, 2.45) is 0 Å². The van der Waals surface area contributed by atoms with Crippen molar-refractivity contribution in [2.45, 2.75) is 13.3 Å². The molecule has 2 rings (SSSR count). The van der Waals surface area contributed by atoms with Crippen LogP contribution in [-0.4, -0.2) is 37.4 Å². The Hall–Kier alpha value is -1.81. The van der Waals surface area contributed by atoms with Crippen LogP contribution < -0.4 is 4.90 Å². The van der Waals surface area contributed by atoms with Gasteiger partial charge in [0.1, 0.15) is 0 Å². The number of hydrogen-bond acceptors (Lipinski definition) is 3. The van der Waals surface area contributed by atoms with Gasteiger partial charge in [-0.1, -0.05) is 19.1 Å².